The molecule has 0 saturated heterocycles. The SMILES string of the molecule is CNC(=O)C(C)N[C@H](C)c1ccc(Cl)cc1. The Kier molecular flexibility index (Phi) is 4.77. The fourth-order valence-electron chi connectivity index (χ4n) is 1.51. The largest absolute Gasteiger partial charge is 0.358 e. The quantitative estimate of drug-likeness (QED) is 0.847. The van der Waals surface area contributed by atoms with Crippen LogP contribution in [0.25, 0.3) is 0 Å². The molecule has 0 aliphatic rings. The van der Waals surface area contributed by atoms with Gasteiger partial charge in [-0.15, -0.1) is 0 Å². The first-order valence-electron chi connectivity index (χ1n) is 5.27. The Morgan fingerprint density at radius 3 is 2.31 bits per heavy atom. The zero-order valence-corrected chi connectivity index (χ0v) is 10.5. The smallest absolute Gasteiger partial charge is 0.236 e. The van der Waals surface area contributed by atoms with Crippen molar-refractivity contribution in [2.75, 3.05) is 7.05 Å². The van der Waals surface area contributed by atoms with Crippen molar-refractivity contribution in [1.82, 2.24) is 10.6 Å². The molecule has 88 valence electrons. The topological polar surface area (TPSA) is 41.1 Å². The summed E-state index contributed by atoms with van der Waals surface area (Å²) >= 11 is 5.81. The number of rotatable bonds is 4. The molecule has 1 amide bonds. The number of carbonyl (C=O) groups excluding carboxylic acids is 1. The van der Waals surface area contributed by atoms with Crippen molar-refractivity contribution in [1.29, 1.82) is 0 Å². The number of nitrogens with one attached hydrogen (secondary N) is 2. The standard InChI is InChI=1S/C12H17ClN2O/c1-8(15-9(2)12(16)14-3)10-4-6-11(13)7-5-10/h4-9,15H,1-3H3,(H,14,16)/t8-,9?/m1/s1. The number of amides is 1. The van der Waals surface area contributed by atoms with E-state index in [0.717, 1.165) is 10.6 Å². The van der Waals surface area contributed by atoms with Gasteiger partial charge >= 0.3 is 0 Å². The highest BCUT2D eigenvalue weighted by atomic mass is 35.5. The van der Waals surface area contributed by atoms with Gasteiger partial charge in [-0.3, -0.25) is 10.1 Å². The Morgan fingerprint density at radius 1 is 1.25 bits per heavy atom. The van der Waals surface area contributed by atoms with Gasteiger partial charge in [0.15, 0.2) is 0 Å². The molecule has 0 aliphatic heterocycles. The van der Waals surface area contributed by atoms with Gasteiger partial charge in [0.2, 0.25) is 5.91 Å². The molecule has 1 unspecified atom stereocenters. The first-order valence-corrected chi connectivity index (χ1v) is 5.65. The highest BCUT2D eigenvalue weighted by Crippen LogP contribution is 2.16. The average molecular weight is 241 g/mol. The first kappa shape index (κ1) is 13.0. The lowest BCUT2D eigenvalue weighted by Gasteiger charge is -2.19. The van der Waals surface area contributed by atoms with Gasteiger partial charge in [-0.25, -0.2) is 0 Å². The highest BCUT2D eigenvalue weighted by Gasteiger charge is 2.14. The predicted octanol–water partition coefficient (Wildman–Crippen LogP) is 2.13. The first-order chi connectivity index (χ1) is 7.54. The molecule has 2 N–H and O–H groups in total. The molecule has 0 aliphatic carbocycles. The average Bonchev–Trinajstić information content (AvgIpc) is 2.28. The van der Waals surface area contributed by atoms with Gasteiger partial charge in [0.25, 0.3) is 0 Å². The second kappa shape index (κ2) is 5.87. The Labute approximate surface area is 101 Å². The summed E-state index contributed by atoms with van der Waals surface area (Å²) in [6.07, 6.45) is 0. The van der Waals surface area contributed by atoms with Crippen molar-refractivity contribution in [2.45, 2.75) is 25.9 Å². The van der Waals surface area contributed by atoms with E-state index in [9.17, 15) is 4.79 Å². The minimum absolute atomic E-state index is 0.0131. The molecule has 3 nitrogen and oxygen atoms in total. The molecular formula is C12H17ClN2O. The number of halogens is 1. The fraction of sp³-hybridized carbons (Fsp3) is 0.417. The van der Waals surface area contributed by atoms with Gasteiger partial charge < -0.3 is 5.32 Å². The molecule has 0 bridgehead atoms. The molecule has 1 aromatic carbocycles. The summed E-state index contributed by atoms with van der Waals surface area (Å²) in [7, 11) is 1.63. The van der Waals surface area contributed by atoms with Crippen LogP contribution in [0.5, 0.6) is 0 Å². The number of hydrogen-bond acceptors (Lipinski definition) is 2. The van der Waals surface area contributed by atoms with E-state index in [4.69, 9.17) is 11.6 Å². The van der Waals surface area contributed by atoms with Gasteiger partial charge in [-0.2, -0.15) is 0 Å². The number of likely N-dealkylation sites (N-methyl/N-ethyl adjacent to an activating group) is 1. The van der Waals surface area contributed by atoms with Crippen molar-refractivity contribution in [3.63, 3.8) is 0 Å². The zero-order valence-electron chi connectivity index (χ0n) is 9.75. The van der Waals surface area contributed by atoms with Gasteiger partial charge in [-0.1, -0.05) is 23.7 Å². The molecule has 1 aromatic rings. The molecule has 16 heavy (non-hydrogen) atoms. The van der Waals surface area contributed by atoms with Crippen LogP contribution in [0.15, 0.2) is 24.3 Å². The third-order valence-electron chi connectivity index (χ3n) is 2.51. The third kappa shape index (κ3) is 3.51. The van der Waals surface area contributed by atoms with Crippen LogP contribution in [-0.4, -0.2) is 19.0 Å². The predicted molar refractivity (Wildman–Crippen MR) is 66.5 cm³/mol. The van der Waals surface area contributed by atoms with Crippen LogP contribution < -0.4 is 10.6 Å². The summed E-state index contributed by atoms with van der Waals surface area (Å²) in [6, 6.07) is 7.51. The second-order valence-corrected chi connectivity index (χ2v) is 4.21. The van der Waals surface area contributed by atoms with Crippen LogP contribution >= 0.6 is 11.6 Å². The maximum absolute atomic E-state index is 11.3. The minimum Gasteiger partial charge on any atom is -0.358 e. The molecule has 4 heteroatoms. The van der Waals surface area contributed by atoms with Gasteiger partial charge in [0.1, 0.15) is 0 Å². The van der Waals surface area contributed by atoms with E-state index in [1.165, 1.54) is 0 Å². The molecule has 1 rings (SSSR count). The fourth-order valence-corrected chi connectivity index (χ4v) is 1.64. The minimum atomic E-state index is -0.212. The van der Waals surface area contributed by atoms with E-state index in [1.54, 1.807) is 7.05 Å². The van der Waals surface area contributed by atoms with Crippen LogP contribution in [-0.2, 0) is 4.79 Å². The molecule has 2 atom stereocenters. The Bertz CT molecular complexity index is 351. The van der Waals surface area contributed by atoms with E-state index < -0.39 is 0 Å². The van der Waals surface area contributed by atoms with Crippen molar-refractivity contribution < 1.29 is 4.79 Å². The lowest BCUT2D eigenvalue weighted by molar-refractivity contribution is -0.122. The maximum atomic E-state index is 11.3. The molecule has 0 saturated carbocycles. The van der Waals surface area contributed by atoms with Gasteiger partial charge in [0, 0.05) is 18.1 Å². The summed E-state index contributed by atoms with van der Waals surface area (Å²) in [5.74, 6) is -0.0131. The van der Waals surface area contributed by atoms with Crippen LogP contribution in [0, 0.1) is 0 Å². The van der Waals surface area contributed by atoms with Gasteiger partial charge in [0.05, 0.1) is 6.04 Å². The van der Waals surface area contributed by atoms with Crippen molar-refractivity contribution in [2.24, 2.45) is 0 Å². The number of benzene rings is 1. The summed E-state index contributed by atoms with van der Waals surface area (Å²) in [6.45, 7) is 3.86. The van der Waals surface area contributed by atoms with E-state index in [2.05, 4.69) is 10.6 Å². The van der Waals surface area contributed by atoms with E-state index in [0.29, 0.717) is 0 Å². The van der Waals surface area contributed by atoms with E-state index in [-0.39, 0.29) is 18.0 Å². The molecule has 0 fully saturated rings. The van der Waals surface area contributed by atoms with Crippen molar-refractivity contribution >= 4 is 17.5 Å². The van der Waals surface area contributed by atoms with Gasteiger partial charge in [-0.05, 0) is 31.5 Å². The van der Waals surface area contributed by atoms with Crippen LogP contribution in [0.2, 0.25) is 5.02 Å². The molecule has 0 radical (unpaired) electrons. The van der Waals surface area contributed by atoms with Crippen LogP contribution in [0.4, 0.5) is 0 Å². The Hall–Kier alpha value is -1.06. The molecular weight excluding hydrogens is 224 g/mol. The van der Waals surface area contributed by atoms with Crippen molar-refractivity contribution in [3.05, 3.63) is 34.9 Å². The molecule has 0 spiro atoms. The summed E-state index contributed by atoms with van der Waals surface area (Å²) in [4.78, 5) is 11.3. The Morgan fingerprint density at radius 2 is 1.81 bits per heavy atom. The van der Waals surface area contributed by atoms with E-state index in [1.807, 2.05) is 38.1 Å². The Balaban J connectivity index is 2.61. The van der Waals surface area contributed by atoms with Crippen molar-refractivity contribution in [3.8, 4) is 0 Å². The summed E-state index contributed by atoms with van der Waals surface area (Å²) in [5.41, 5.74) is 1.11. The highest BCUT2D eigenvalue weighted by molar-refractivity contribution is 6.30. The second-order valence-electron chi connectivity index (χ2n) is 3.78. The maximum Gasteiger partial charge on any atom is 0.236 e. The lowest BCUT2D eigenvalue weighted by Crippen LogP contribution is -2.41. The molecule has 0 aromatic heterocycles. The van der Waals surface area contributed by atoms with Crippen LogP contribution in [0.3, 0.4) is 0 Å². The van der Waals surface area contributed by atoms with E-state index >= 15 is 0 Å². The normalized spacial score (nSPS) is 14.2. The number of hydrogen-bond donors (Lipinski definition) is 2. The number of carbonyl (C=O) groups is 1. The molecule has 0 heterocycles. The summed E-state index contributed by atoms with van der Waals surface area (Å²) in [5, 5.41) is 6.54. The zero-order chi connectivity index (χ0) is 12.1. The third-order valence-corrected chi connectivity index (χ3v) is 2.76. The van der Waals surface area contributed by atoms with Crippen LogP contribution in [0.1, 0.15) is 25.5 Å². The lowest BCUT2D eigenvalue weighted by atomic mass is 10.1. The summed E-state index contributed by atoms with van der Waals surface area (Å²) < 4.78 is 0. The monoisotopic (exact) mass is 240 g/mol.